The van der Waals surface area contributed by atoms with Crippen LogP contribution in [-0.4, -0.2) is 45.5 Å². The number of fused-ring (bicyclic) bond motifs is 1. The first kappa shape index (κ1) is 18.2. The van der Waals surface area contributed by atoms with Gasteiger partial charge in [-0.15, -0.1) is 0 Å². The number of carbonyl (C=O) groups excluding carboxylic acids is 1. The number of para-hydroxylation sites is 2. The highest BCUT2D eigenvalue weighted by molar-refractivity contribution is 5.80. The predicted octanol–water partition coefficient (Wildman–Crippen LogP) is 4.23. The number of urea groups is 1. The van der Waals surface area contributed by atoms with E-state index in [9.17, 15) is 9.18 Å². The Hall–Kier alpha value is -3.15. The smallest absolute Gasteiger partial charge is 0.320 e. The van der Waals surface area contributed by atoms with Crippen LogP contribution >= 0.6 is 0 Å². The van der Waals surface area contributed by atoms with Crippen molar-refractivity contribution in [2.45, 2.75) is 20.0 Å². The molecule has 4 rings (SSSR count). The summed E-state index contributed by atoms with van der Waals surface area (Å²) in [6.45, 7) is 4.67. The Bertz CT molecular complexity index is 1060. The molecule has 0 atom stereocenters. The zero-order chi connectivity index (χ0) is 19.7. The first-order chi connectivity index (χ1) is 13.6. The number of rotatable bonds is 5. The van der Waals surface area contributed by atoms with Gasteiger partial charge in [-0.25, -0.2) is 14.2 Å². The highest BCUT2D eigenvalue weighted by Crippen LogP contribution is 2.20. The number of hydrogen-bond donors (Lipinski definition) is 0. The molecule has 1 saturated heterocycles. The van der Waals surface area contributed by atoms with Crippen molar-refractivity contribution in [3.8, 4) is 0 Å². The highest BCUT2D eigenvalue weighted by Gasteiger charge is 2.25. The van der Waals surface area contributed by atoms with E-state index >= 15 is 0 Å². The SMILES string of the molecule is CCn1c(/C=C/c2ccc(CN3CCN(C)C3=O)cc2F)nc2ccccc21. The fourth-order valence-electron chi connectivity index (χ4n) is 3.59. The van der Waals surface area contributed by atoms with E-state index in [-0.39, 0.29) is 11.8 Å². The lowest BCUT2D eigenvalue weighted by atomic mass is 10.1. The Morgan fingerprint density at radius 2 is 1.96 bits per heavy atom. The van der Waals surface area contributed by atoms with Gasteiger partial charge in [-0.1, -0.05) is 24.3 Å². The molecule has 5 nitrogen and oxygen atoms in total. The molecule has 0 saturated carbocycles. The molecule has 0 bridgehead atoms. The molecule has 1 fully saturated rings. The van der Waals surface area contributed by atoms with E-state index in [1.54, 1.807) is 29.0 Å². The number of likely N-dealkylation sites (N-methyl/N-ethyl adjacent to an activating group) is 1. The summed E-state index contributed by atoms with van der Waals surface area (Å²) in [4.78, 5) is 20.0. The molecular weight excluding hydrogens is 355 g/mol. The van der Waals surface area contributed by atoms with E-state index in [4.69, 9.17) is 0 Å². The third-order valence-electron chi connectivity index (χ3n) is 5.15. The van der Waals surface area contributed by atoms with Gasteiger partial charge in [0, 0.05) is 38.8 Å². The van der Waals surface area contributed by atoms with Crippen molar-refractivity contribution in [2.24, 2.45) is 0 Å². The summed E-state index contributed by atoms with van der Waals surface area (Å²) in [5.41, 5.74) is 3.29. The molecule has 3 aromatic rings. The van der Waals surface area contributed by atoms with Crippen molar-refractivity contribution in [3.63, 3.8) is 0 Å². The zero-order valence-electron chi connectivity index (χ0n) is 16.1. The van der Waals surface area contributed by atoms with Gasteiger partial charge in [-0.05, 0) is 42.8 Å². The standard InChI is InChI=1S/C22H23FN4O/c1-3-27-20-7-5-4-6-19(20)24-21(27)11-10-17-9-8-16(14-18(17)23)15-26-13-12-25(2)22(26)28/h4-11,14H,3,12-13,15H2,1-2H3/b11-10+. The minimum atomic E-state index is -0.298. The number of benzene rings is 2. The molecule has 1 aliphatic rings. The van der Waals surface area contributed by atoms with Gasteiger partial charge in [0.25, 0.3) is 0 Å². The maximum atomic E-state index is 14.6. The lowest BCUT2D eigenvalue weighted by Gasteiger charge is -2.16. The van der Waals surface area contributed by atoms with E-state index in [0.717, 1.165) is 29.0 Å². The van der Waals surface area contributed by atoms with Gasteiger partial charge in [0.2, 0.25) is 0 Å². The van der Waals surface area contributed by atoms with Crippen molar-refractivity contribution >= 4 is 29.2 Å². The fourth-order valence-corrected chi connectivity index (χ4v) is 3.59. The Balaban J connectivity index is 1.55. The zero-order valence-corrected chi connectivity index (χ0v) is 16.1. The number of nitrogens with zero attached hydrogens (tertiary/aromatic N) is 4. The molecule has 0 unspecified atom stereocenters. The Morgan fingerprint density at radius 3 is 2.68 bits per heavy atom. The van der Waals surface area contributed by atoms with Gasteiger partial charge in [0.15, 0.2) is 0 Å². The second-order valence-electron chi connectivity index (χ2n) is 7.02. The average Bonchev–Trinajstić information content (AvgIpc) is 3.21. The number of aromatic nitrogens is 2. The highest BCUT2D eigenvalue weighted by atomic mass is 19.1. The van der Waals surface area contributed by atoms with E-state index in [1.165, 1.54) is 6.07 Å². The van der Waals surface area contributed by atoms with Crippen LogP contribution in [0, 0.1) is 5.82 Å². The number of aryl methyl sites for hydroxylation is 1. The first-order valence-electron chi connectivity index (χ1n) is 9.48. The van der Waals surface area contributed by atoms with Crippen LogP contribution in [0.4, 0.5) is 9.18 Å². The largest absolute Gasteiger partial charge is 0.326 e. The molecule has 1 aromatic heterocycles. The van der Waals surface area contributed by atoms with Crippen LogP contribution in [0.1, 0.15) is 23.9 Å². The second-order valence-corrected chi connectivity index (χ2v) is 7.02. The summed E-state index contributed by atoms with van der Waals surface area (Å²) in [7, 11) is 1.78. The number of imidazole rings is 1. The minimum Gasteiger partial charge on any atom is -0.326 e. The second kappa shape index (κ2) is 7.46. The van der Waals surface area contributed by atoms with Gasteiger partial charge in [-0.2, -0.15) is 0 Å². The molecule has 1 aliphatic heterocycles. The number of carbonyl (C=O) groups is 1. The summed E-state index contributed by atoms with van der Waals surface area (Å²) in [5, 5.41) is 0. The van der Waals surface area contributed by atoms with Crippen molar-refractivity contribution in [1.29, 1.82) is 0 Å². The van der Waals surface area contributed by atoms with E-state index in [0.29, 0.717) is 25.2 Å². The Labute approximate surface area is 163 Å². The Morgan fingerprint density at radius 1 is 1.14 bits per heavy atom. The van der Waals surface area contributed by atoms with Crippen LogP contribution in [0.25, 0.3) is 23.2 Å². The normalized spacial score (nSPS) is 14.8. The van der Waals surface area contributed by atoms with Crippen molar-refractivity contribution in [1.82, 2.24) is 19.4 Å². The molecule has 0 radical (unpaired) electrons. The van der Waals surface area contributed by atoms with Crippen molar-refractivity contribution in [2.75, 3.05) is 20.1 Å². The molecule has 2 amide bonds. The molecule has 144 valence electrons. The minimum absolute atomic E-state index is 0.0113. The molecule has 0 aliphatic carbocycles. The first-order valence-corrected chi connectivity index (χ1v) is 9.48. The quantitative estimate of drug-likeness (QED) is 0.667. The topological polar surface area (TPSA) is 41.4 Å². The van der Waals surface area contributed by atoms with Crippen LogP contribution in [-0.2, 0) is 13.1 Å². The summed E-state index contributed by atoms with van der Waals surface area (Å²) < 4.78 is 16.7. The lowest BCUT2D eigenvalue weighted by Crippen LogP contribution is -2.28. The van der Waals surface area contributed by atoms with Crippen LogP contribution in [0.5, 0.6) is 0 Å². The summed E-state index contributed by atoms with van der Waals surface area (Å²) in [6.07, 6.45) is 3.60. The fraction of sp³-hybridized carbons (Fsp3) is 0.273. The van der Waals surface area contributed by atoms with Gasteiger partial charge in [0.1, 0.15) is 11.6 Å². The lowest BCUT2D eigenvalue weighted by molar-refractivity contribution is 0.197. The molecular formula is C22H23FN4O. The molecule has 28 heavy (non-hydrogen) atoms. The van der Waals surface area contributed by atoms with Gasteiger partial charge in [0.05, 0.1) is 11.0 Å². The average molecular weight is 378 g/mol. The molecule has 2 aromatic carbocycles. The number of halogens is 1. The number of amides is 2. The third-order valence-corrected chi connectivity index (χ3v) is 5.15. The van der Waals surface area contributed by atoms with Gasteiger partial charge < -0.3 is 14.4 Å². The Kier molecular flexibility index (Phi) is 4.86. The van der Waals surface area contributed by atoms with E-state index < -0.39 is 0 Å². The summed E-state index contributed by atoms with van der Waals surface area (Å²) in [6, 6.07) is 13.1. The van der Waals surface area contributed by atoms with Crippen molar-refractivity contribution in [3.05, 3.63) is 65.2 Å². The van der Waals surface area contributed by atoms with Crippen LogP contribution in [0.2, 0.25) is 0 Å². The monoisotopic (exact) mass is 378 g/mol. The molecule has 2 heterocycles. The summed E-state index contributed by atoms with van der Waals surface area (Å²) >= 11 is 0. The molecule has 0 spiro atoms. The van der Waals surface area contributed by atoms with E-state index in [1.807, 2.05) is 36.4 Å². The van der Waals surface area contributed by atoms with Gasteiger partial charge in [-0.3, -0.25) is 0 Å². The van der Waals surface area contributed by atoms with Crippen molar-refractivity contribution < 1.29 is 9.18 Å². The predicted molar refractivity (Wildman–Crippen MR) is 109 cm³/mol. The molecule has 6 heteroatoms. The van der Waals surface area contributed by atoms with Crippen LogP contribution in [0.3, 0.4) is 0 Å². The number of hydrogen-bond acceptors (Lipinski definition) is 2. The van der Waals surface area contributed by atoms with Gasteiger partial charge >= 0.3 is 6.03 Å². The molecule has 0 N–H and O–H groups in total. The third kappa shape index (κ3) is 3.38. The van der Waals surface area contributed by atoms with E-state index in [2.05, 4.69) is 16.5 Å². The van der Waals surface area contributed by atoms with Crippen LogP contribution < -0.4 is 0 Å². The maximum Gasteiger partial charge on any atom is 0.320 e. The maximum absolute atomic E-state index is 14.6. The van der Waals surface area contributed by atoms with Crippen LogP contribution in [0.15, 0.2) is 42.5 Å². The summed E-state index contributed by atoms with van der Waals surface area (Å²) in [5.74, 6) is 0.505.